The molecule has 0 aliphatic carbocycles. The Labute approximate surface area is 325 Å². The van der Waals surface area contributed by atoms with Gasteiger partial charge in [0.15, 0.2) is 0 Å². The molecular formula is C54H36N2. The minimum absolute atomic E-state index is 1.09. The molecule has 0 aliphatic rings. The lowest BCUT2D eigenvalue weighted by atomic mass is 9.94. The lowest BCUT2D eigenvalue weighted by Crippen LogP contribution is -2.12. The molecule has 0 amide bonds. The summed E-state index contributed by atoms with van der Waals surface area (Å²) in [5, 5.41) is 10.1. The van der Waals surface area contributed by atoms with Crippen LogP contribution in [0.5, 0.6) is 0 Å². The number of fused-ring (bicyclic) bond motifs is 8. The van der Waals surface area contributed by atoms with Gasteiger partial charge < -0.3 is 9.47 Å². The van der Waals surface area contributed by atoms with E-state index in [1.807, 2.05) is 0 Å². The van der Waals surface area contributed by atoms with Crippen LogP contribution in [0, 0.1) is 0 Å². The number of anilines is 3. The van der Waals surface area contributed by atoms with E-state index >= 15 is 0 Å². The van der Waals surface area contributed by atoms with Crippen LogP contribution in [-0.2, 0) is 0 Å². The Kier molecular flexibility index (Phi) is 7.53. The van der Waals surface area contributed by atoms with Crippen molar-refractivity contribution < 1.29 is 0 Å². The minimum Gasteiger partial charge on any atom is -0.308 e. The van der Waals surface area contributed by atoms with E-state index in [1.54, 1.807) is 0 Å². The SMILES string of the molecule is c1ccc(-c2ccccc2N(c2ccc(-c3ccc4c(ccc5ccc6ccccc6c54)c3)cc2)c2cccc3c4ccccc4n(-c4ccccc4)c23)cc1. The highest BCUT2D eigenvalue weighted by Crippen LogP contribution is 2.46. The van der Waals surface area contributed by atoms with E-state index in [2.05, 4.69) is 228 Å². The molecule has 11 aromatic rings. The summed E-state index contributed by atoms with van der Waals surface area (Å²) in [6, 6.07) is 79.5. The average Bonchev–Trinajstić information content (AvgIpc) is 3.62. The lowest BCUT2D eigenvalue weighted by Gasteiger charge is -2.29. The standard InChI is InChI=1S/C54H36N2/c1-3-14-38(15-4-1)45-19-9-11-23-50(45)55(52-25-13-22-49-48-21-10-12-24-51(48)56(54(49)52)43-17-5-2-6-18-43)44-33-30-37(31-34-44)41-32-35-47-42(36-41)29-28-40-27-26-39-16-7-8-20-46(39)53(40)47/h1-36H. The summed E-state index contributed by atoms with van der Waals surface area (Å²) in [5.41, 5.74) is 11.5. The van der Waals surface area contributed by atoms with Crippen LogP contribution in [0.4, 0.5) is 17.1 Å². The molecule has 2 nitrogen and oxygen atoms in total. The maximum atomic E-state index is 2.45. The van der Waals surface area contributed by atoms with E-state index < -0.39 is 0 Å². The van der Waals surface area contributed by atoms with Crippen LogP contribution in [0.3, 0.4) is 0 Å². The fourth-order valence-corrected chi connectivity index (χ4v) is 8.78. The number of aromatic nitrogens is 1. The van der Waals surface area contributed by atoms with Crippen LogP contribution in [0.25, 0.3) is 82.1 Å². The van der Waals surface area contributed by atoms with Crippen molar-refractivity contribution in [2.24, 2.45) is 0 Å². The Balaban J connectivity index is 1.11. The molecule has 0 aliphatic heterocycles. The van der Waals surface area contributed by atoms with Crippen LogP contribution in [0.2, 0.25) is 0 Å². The first-order valence-electron chi connectivity index (χ1n) is 19.3. The summed E-state index contributed by atoms with van der Waals surface area (Å²) >= 11 is 0. The van der Waals surface area contributed by atoms with Gasteiger partial charge in [0.05, 0.1) is 22.4 Å². The first-order valence-corrected chi connectivity index (χ1v) is 19.3. The van der Waals surface area contributed by atoms with Crippen molar-refractivity contribution in [2.45, 2.75) is 0 Å². The second-order valence-corrected chi connectivity index (χ2v) is 14.5. The number of hydrogen-bond donors (Lipinski definition) is 0. The maximum Gasteiger partial charge on any atom is 0.0782 e. The lowest BCUT2D eigenvalue weighted by molar-refractivity contribution is 1.17. The maximum absolute atomic E-state index is 2.45. The number of benzene rings is 10. The summed E-state index contributed by atoms with van der Waals surface area (Å²) in [4.78, 5) is 2.45. The molecule has 0 bridgehead atoms. The van der Waals surface area contributed by atoms with E-state index in [0.717, 1.165) is 22.7 Å². The van der Waals surface area contributed by atoms with Crippen LogP contribution in [0.15, 0.2) is 218 Å². The number of hydrogen-bond acceptors (Lipinski definition) is 1. The van der Waals surface area contributed by atoms with Gasteiger partial charge in [0.1, 0.15) is 0 Å². The molecule has 262 valence electrons. The largest absolute Gasteiger partial charge is 0.308 e. The molecule has 0 radical (unpaired) electrons. The second-order valence-electron chi connectivity index (χ2n) is 14.5. The quantitative estimate of drug-likeness (QED) is 0.156. The van der Waals surface area contributed by atoms with Gasteiger partial charge >= 0.3 is 0 Å². The third-order valence-electron chi connectivity index (χ3n) is 11.3. The Morgan fingerprint density at radius 3 is 1.79 bits per heavy atom. The fourth-order valence-electron chi connectivity index (χ4n) is 8.78. The Hall–Kier alpha value is -7.42. The molecule has 0 unspecified atom stereocenters. The van der Waals surface area contributed by atoms with Gasteiger partial charge in [-0.3, -0.25) is 0 Å². The van der Waals surface area contributed by atoms with Gasteiger partial charge in [-0.1, -0.05) is 170 Å². The van der Waals surface area contributed by atoms with Crippen molar-refractivity contribution in [3.05, 3.63) is 218 Å². The highest BCUT2D eigenvalue weighted by atomic mass is 15.2. The Morgan fingerprint density at radius 1 is 0.339 bits per heavy atom. The molecule has 56 heavy (non-hydrogen) atoms. The molecule has 0 spiro atoms. The molecular weight excluding hydrogens is 677 g/mol. The highest BCUT2D eigenvalue weighted by Gasteiger charge is 2.23. The van der Waals surface area contributed by atoms with Gasteiger partial charge in [-0.15, -0.1) is 0 Å². The molecule has 10 aromatic carbocycles. The van der Waals surface area contributed by atoms with Gasteiger partial charge in [0, 0.05) is 27.7 Å². The highest BCUT2D eigenvalue weighted by molar-refractivity contribution is 6.20. The van der Waals surface area contributed by atoms with Crippen molar-refractivity contribution in [3.63, 3.8) is 0 Å². The van der Waals surface area contributed by atoms with Crippen molar-refractivity contribution in [2.75, 3.05) is 4.90 Å². The summed E-state index contributed by atoms with van der Waals surface area (Å²) in [6.45, 7) is 0. The normalized spacial score (nSPS) is 11.6. The molecule has 0 saturated heterocycles. The van der Waals surface area contributed by atoms with Crippen LogP contribution in [0.1, 0.15) is 0 Å². The predicted octanol–water partition coefficient (Wildman–Crippen LogP) is 15.0. The molecule has 0 N–H and O–H groups in total. The number of para-hydroxylation sites is 4. The zero-order valence-corrected chi connectivity index (χ0v) is 30.7. The molecule has 0 saturated carbocycles. The minimum atomic E-state index is 1.09. The van der Waals surface area contributed by atoms with Crippen molar-refractivity contribution in [1.29, 1.82) is 0 Å². The second kappa shape index (κ2) is 13.2. The number of rotatable bonds is 6. The Morgan fingerprint density at radius 2 is 0.946 bits per heavy atom. The third kappa shape index (κ3) is 5.19. The zero-order valence-electron chi connectivity index (χ0n) is 30.7. The first-order chi connectivity index (χ1) is 27.8. The molecule has 0 fully saturated rings. The summed E-state index contributed by atoms with van der Waals surface area (Å²) in [5.74, 6) is 0. The molecule has 11 rings (SSSR count). The van der Waals surface area contributed by atoms with E-state index in [9.17, 15) is 0 Å². The van der Waals surface area contributed by atoms with E-state index in [-0.39, 0.29) is 0 Å². The summed E-state index contributed by atoms with van der Waals surface area (Å²) in [6.07, 6.45) is 0. The zero-order chi connectivity index (χ0) is 37.0. The summed E-state index contributed by atoms with van der Waals surface area (Å²) in [7, 11) is 0. The van der Waals surface area contributed by atoms with Gasteiger partial charge in [0.25, 0.3) is 0 Å². The van der Waals surface area contributed by atoms with Crippen molar-refractivity contribution in [3.8, 4) is 27.9 Å². The van der Waals surface area contributed by atoms with Crippen molar-refractivity contribution >= 4 is 71.2 Å². The monoisotopic (exact) mass is 712 g/mol. The first kappa shape index (κ1) is 32.0. The van der Waals surface area contributed by atoms with Gasteiger partial charge in [0.2, 0.25) is 0 Å². The predicted molar refractivity (Wildman–Crippen MR) is 239 cm³/mol. The molecule has 1 heterocycles. The molecule has 1 aromatic heterocycles. The third-order valence-corrected chi connectivity index (χ3v) is 11.3. The fraction of sp³-hybridized carbons (Fsp3) is 0. The van der Waals surface area contributed by atoms with E-state index in [4.69, 9.17) is 0 Å². The van der Waals surface area contributed by atoms with Crippen LogP contribution in [-0.4, -0.2) is 4.57 Å². The average molecular weight is 713 g/mol. The molecule has 2 heteroatoms. The van der Waals surface area contributed by atoms with Gasteiger partial charge in [-0.05, 0) is 97.5 Å². The van der Waals surface area contributed by atoms with E-state index in [1.165, 1.54) is 76.4 Å². The van der Waals surface area contributed by atoms with Crippen LogP contribution >= 0.6 is 0 Å². The topological polar surface area (TPSA) is 8.17 Å². The number of nitrogens with zero attached hydrogens (tertiary/aromatic N) is 2. The van der Waals surface area contributed by atoms with Crippen LogP contribution < -0.4 is 4.90 Å². The Bertz CT molecular complexity index is 3230. The summed E-state index contributed by atoms with van der Waals surface area (Å²) < 4.78 is 2.43. The smallest absolute Gasteiger partial charge is 0.0782 e. The van der Waals surface area contributed by atoms with Gasteiger partial charge in [-0.25, -0.2) is 0 Å². The molecule has 0 atom stereocenters. The van der Waals surface area contributed by atoms with Gasteiger partial charge in [-0.2, -0.15) is 0 Å². The van der Waals surface area contributed by atoms with Crippen molar-refractivity contribution in [1.82, 2.24) is 4.57 Å². The van der Waals surface area contributed by atoms with E-state index in [0.29, 0.717) is 0 Å².